The second-order valence-corrected chi connectivity index (χ2v) is 4.72. The van der Waals surface area contributed by atoms with E-state index in [9.17, 15) is 9.18 Å². The molecule has 122 valence electrons. The van der Waals surface area contributed by atoms with Crippen molar-refractivity contribution >= 4 is 11.5 Å². The molecule has 0 saturated heterocycles. The molecule has 0 aromatic heterocycles. The van der Waals surface area contributed by atoms with E-state index in [0.29, 0.717) is 42.3 Å². The quantitative estimate of drug-likeness (QED) is 0.739. The number of rotatable bonds is 9. The molecular weight excluding hydrogens is 287 g/mol. The molecule has 0 amide bonds. The molecule has 0 heterocycles. The van der Waals surface area contributed by atoms with Crippen LogP contribution in [0.1, 0.15) is 45.6 Å². The first kappa shape index (κ1) is 18.0. The number of hydrogen-bond donors (Lipinski definition) is 1. The topological polar surface area (TPSA) is 55.8 Å². The van der Waals surface area contributed by atoms with Crippen molar-refractivity contribution in [1.29, 1.82) is 0 Å². The first-order valence-electron chi connectivity index (χ1n) is 7.53. The Hall–Kier alpha value is -2.04. The number of halogens is 1. The largest absolute Gasteiger partial charge is 0.490 e. The summed E-state index contributed by atoms with van der Waals surface area (Å²) in [6, 6.07) is 2.89. The van der Waals surface area contributed by atoms with Crippen LogP contribution in [0.3, 0.4) is 0 Å². The molecule has 0 radical (unpaired) electrons. The minimum atomic E-state index is -0.940. The van der Waals surface area contributed by atoms with Crippen LogP contribution in [0.2, 0.25) is 0 Å². The highest BCUT2D eigenvalue weighted by Gasteiger charge is 2.15. The highest BCUT2D eigenvalue weighted by atomic mass is 19.1. The third-order valence-corrected chi connectivity index (χ3v) is 3.02. The van der Waals surface area contributed by atoms with Crippen LogP contribution in [0.25, 0.3) is 5.57 Å². The van der Waals surface area contributed by atoms with E-state index in [1.807, 2.05) is 20.8 Å². The van der Waals surface area contributed by atoms with E-state index in [1.54, 1.807) is 12.1 Å². The molecule has 1 rings (SSSR count). The lowest BCUT2D eigenvalue weighted by molar-refractivity contribution is -0.135. The zero-order valence-electron chi connectivity index (χ0n) is 13.3. The number of carbonyl (C=O) groups is 1. The smallest absolute Gasteiger partial charge is 0.307 e. The maximum absolute atomic E-state index is 14.4. The molecule has 0 aliphatic heterocycles. The Morgan fingerprint density at radius 1 is 1.18 bits per heavy atom. The van der Waals surface area contributed by atoms with Crippen molar-refractivity contribution in [3.63, 3.8) is 0 Å². The van der Waals surface area contributed by atoms with Crippen LogP contribution >= 0.6 is 0 Å². The average Bonchev–Trinajstić information content (AvgIpc) is 2.46. The highest BCUT2D eigenvalue weighted by molar-refractivity contribution is 5.75. The fourth-order valence-electron chi connectivity index (χ4n) is 2.14. The average molecular weight is 310 g/mol. The fraction of sp³-hybridized carbons (Fsp3) is 0.471. The Balaban J connectivity index is 3.27. The van der Waals surface area contributed by atoms with Crippen molar-refractivity contribution in [3.05, 3.63) is 29.6 Å². The summed E-state index contributed by atoms with van der Waals surface area (Å²) in [5.74, 6) is -0.542. The summed E-state index contributed by atoms with van der Waals surface area (Å²) in [6.07, 6.45) is 2.82. The van der Waals surface area contributed by atoms with Crippen LogP contribution in [0.5, 0.6) is 11.5 Å². The van der Waals surface area contributed by atoms with Crippen molar-refractivity contribution < 1.29 is 23.8 Å². The predicted octanol–water partition coefficient (Wildman–Crippen LogP) is 4.28. The molecular formula is C17H23FO4. The number of carboxylic acids is 1. The Kier molecular flexibility index (Phi) is 7.43. The molecule has 1 aromatic rings. The van der Waals surface area contributed by atoms with Gasteiger partial charge in [0.2, 0.25) is 0 Å². The van der Waals surface area contributed by atoms with Crippen LogP contribution in [0, 0.1) is 5.82 Å². The Bertz CT molecular complexity index is 538. The van der Waals surface area contributed by atoms with Gasteiger partial charge >= 0.3 is 5.97 Å². The normalized spacial score (nSPS) is 11.4. The SMILES string of the molecule is CCC/C(=C\CC(=O)O)c1cc(OCC)c(OCC)cc1F. The van der Waals surface area contributed by atoms with Gasteiger partial charge in [0.15, 0.2) is 11.5 Å². The molecule has 0 aliphatic carbocycles. The van der Waals surface area contributed by atoms with Crippen molar-refractivity contribution in [2.45, 2.75) is 40.0 Å². The van der Waals surface area contributed by atoms with Crippen LogP contribution in [-0.2, 0) is 4.79 Å². The predicted molar refractivity (Wildman–Crippen MR) is 83.9 cm³/mol. The minimum Gasteiger partial charge on any atom is -0.490 e. The summed E-state index contributed by atoms with van der Waals surface area (Å²) in [4.78, 5) is 10.7. The fourth-order valence-corrected chi connectivity index (χ4v) is 2.14. The summed E-state index contributed by atoms with van der Waals surface area (Å²) in [5, 5.41) is 8.82. The minimum absolute atomic E-state index is 0.133. The number of carboxylic acid groups (broad SMARTS) is 1. The van der Waals surface area contributed by atoms with Crippen molar-refractivity contribution in [2.75, 3.05) is 13.2 Å². The highest BCUT2D eigenvalue weighted by Crippen LogP contribution is 2.35. The number of hydrogen-bond acceptors (Lipinski definition) is 3. The number of benzene rings is 1. The van der Waals surface area contributed by atoms with Crippen LogP contribution in [-0.4, -0.2) is 24.3 Å². The number of aliphatic carboxylic acids is 1. The zero-order valence-corrected chi connectivity index (χ0v) is 13.3. The lowest BCUT2D eigenvalue weighted by Crippen LogP contribution is -2.02. The van der Waals surface area contributed by atoms with Gasteiger partial charge < -0.3 is 14.6 Å². The summed E-state index contributed by atoms with van der Waals surface area (Å²) >= 11 is 0. The molecule has 5 heteroatoms. The van der Waals surface area contributed by atoms with Crippen molar-refractivity contribution in [1.82, 2.24) is 0 Å². The second kappa shape index (κ2) is 9.07. The van der Waals surface area contributed by atoms with E-state index in [0.717, 1.165) is 6.42 Å². The molecule has 0 saturated carbocycles. The molecule has 22 heavy (non-hydrogen) atoms. The van der Waals surface area contributed by atoms with Gasteiger partial charge in [-0.1, -0.05) is 19.4 Å². The Morgan fingerprint density at radius 3 is 2.27 bits per heavy atom. The van der Waals surface area contributed by atoms with Gasteiger partial charge in [-0.2, -0.15) is 0 Å². The summed E-state index contributed by atoms with van der Waals surface area (Å²) < 4.78 is 25.3. The van der Waals surface area contributed by atoms with E-state index in [-0.39, 0.29) is 6.42 Å². The van der Waals surface area contributed by atoms with E-state index < -0.39 is 11.8 Å². The van der Waals surface area contributed by atoms with E-state index in [1.165, 1.54) is 6.07 Å². The molecule has 0 spiro atoms. The van der Waals surface area contributed by atoms with Crippen molar-refractivity contribution in [3.8, 4) is 11.5 Å². The number of ether oxygens (including phenoxy) is 2. The third-order valence-electron chi connectivity index (χ3n) is 3.02. The Labute approximate surface area is 130 Å². The summed E-state index contributed by atoms with van der Waals surface area (Å²) in [7, 11) is 0. The van der Waals surface area contributed by atoms with E-state index >= 15 is 0 Å². The lowest BCUT2D eigenvalue weighted by atomic mass is 9.99. The molecule has 0 aliphatic rings. The van der Waals surface area contributed by atoms with Crippen LogP contribution < -0.4 is 9.47 Å². The molecule has 0 fully saturated rings. The van der Waals surface area contributed by atoms with E-state index in [4.69, 9.17) is 14.6 Å². The molecule has 0 unspecified atom stereocenters. The van der Waals surface area contributed by atoms with Gasteiger partial charge in [-0.15, -0.1) is 0 Å². The second-order valence-electron chi connectivity index (χ2n) is 4.72. The van der Waals surface area contributed by atoms with Gasteiger partial charge in [-0.05, 0) is 31.9 Å². The molecule has 1 N–H and O–H groups in total. The van der Waals surface area contributed by atoms with Crippen LogP contribution in [0.4, 0.5) is 4.39 Å². The molecule has 0 bridgehead atoms. The maximum atomic E-state index is 14.4. The van der Waals surface area contributed by atoms with Gasteiger partial charge in [0.05, 0.1) is 19.6 Å². The first-order valence-corrected chi connectivity index (χ1v) is 7.53. The number of allylic oxidation sites excluding steroid dienone is 1. The van der Waals surface area contributed by atoms with Gasteiger partial charge in [-0.25, -0.2) is 4.39 Å². The third kappa shape index (κ3) is 5.06. The lowest BCUT2D eigenvalue weighted by Gasteiger charge is -2.15. The molecule has 1 aromatic carbocycles. The molecule has 4 nitrogen and oxygen atoms in total. The van der Waals surface area contributed by atoms with Crippen LogP contribution in [0.15, 0.2) is 18.2 Å². The van der Waals surface area contributed by atoms with Gasteiger partial charge in [0.1, 0.15) is 5.82 Å². The van der Waals surface area contributed by atoms with Gasteiger partial charge in [0, 0.05) is 11.6 Å². The van der Waals surface area contributed by atoms with E-state index in [2.05, 4.69) is 0 Å². The summed E-state index contributed by atoms with van der Waals surface area (Å²) in [5.41, 5.74) is 1.04. The summed E-state index contributed by atoms with van der Waals surface area (Å²) in [6.45, 7) is 6.47. The van der Waals surface area contributed by atoms with Crippen molar-refractivity contribution in [2.24, 2.45) is 0 Å². The van der Waals surface area contributed by atoms with Gasteiger partial charge in [0.25, 0.3) is 0 Å². The Morgan fingerprint density at radius 2 is 1.77 bits per heavy atom. The van der Waals surface area contributed by atoms with Gasteiger partial charge in [-0.3, -0.25) is 4.79 Å². The first-order chi connectivity index (χ1) is 10.5. The monoisotopic (exact) mass is 310 g/mol. The molecule has 0 atom stereocenters. The zero-order chi connectivity index (χ0) is 16.5. The maximum Gasteiger partial charge on any atom is 0.307 e. The standard InChI is InChI=1S/C17H23FO4/c1-4-7-12(8-9-17(19)20)13-10-15(21-5-2)16(22-6-3)11-14(13)18/h8,10-11H,4-7,9H2,1-3H3,(H,19,20)/b12-8+.